The van der Waals surface area contributed by atoms with Crippen LogP contribution >= 0.6 is 0 Å². The predicted molar refractivity (Wildman–Crippen MR) is 183 cm³/mol. The number of nitrogens with two attached hydrogens (primary N) is 1. The number of hydrogen-bond acceptors (Lipinski definition) is 12. The Hall–Kier alpha value is -5.09. The Morgan fingerprint density at radius 1 is 1.08 bits per heavy atom. The molecule has 3 aromatic heterocycles. The van der Waals surface area contributed by atoms with Gasteiger partial charge in [0.15, 0.2) is 16.9 Å². The van der Waals surface area contributed by atoms with Gasteiger partial charge < -0.3 is 25.1 Å². The number of carbonyl (C=O) groups excluding carboxylic acids is 3. The minimum Gasteiger partial charge on any atom is -0.444 e. The molecule has 3 amide bonds. The van der Waals surface area contributed by atoms with Crippen molar-refractivity contribution in [3.05, 3.63) is 48.4 Å². The third kappa shape index (κ3) is 8.32. The molecule has 4 aromatic rings. The van der Waals surface area contributed by atoms with Crippen LogP contribution in [0.4, 0.5) is 16.6 Å². The van der Waals surface area contributed by atoms with Gasteiger partial charge in [-0.1, -0.05) is 18.2 Å². The van der Waals surface area contributed by atoms with Crippen LogP contribution in [0.1, 0.15) is 50.1 Å². The maximum absolute atomic E-state index is 13.4. The first-order valence-corrected chi connectivity index (χ1v) is 16.6. The normalized spacial score (nSPS) is 17.9. The van der Waals surface area contributed by atoms with E-state index < -0.39 is 17.6 Å². The molecule has 0 bridgehead atoms. The number of rotatable bonds is 9. The Morgan fingerprint density at radius 3 is 2.63 bits per heavy atom. The standard InChI is InChI=1S/C33H43N11O5/c1-33(2,3)49-32(47)35-12-15-42-18-16-41(17-19-42)13-7-11-25(45)43-14-6-8-22(20-43)44-29-26(28(34)36-21-37-29)27(40-44)30(46)39-31-38-23-9-4-5-10-24(23)48-31/h4-5,7,9-11,21-22H,6,8,12-20H2,1-3H3,(H,35,47)(H2,34,36,37)(H,38,39,46). The first kappa shape index (κ1) is 33.8. The zero-order valence-electron chi connectivity index (χ0n) is 28.1. The van der Waals surface area contributed by atoms with Crippen molar-refractivity contribution in [2.45, 2.75) is 45.3 Å². The van der Waals surface area contributed by atoms with Crippen LogP contribution in [0.3, 0.4) is 0 Å². The van der Waals surface area contributed by atoms with Crippen molar-refractivity contribution in [1.82, 2.24) is 44.7 Å². The molecular formula is C33H43N11O5. The highest BCUT2D eigenvalue weighted by Gasteiger charge is 2.30. The van der Waals surface area contributed by atoms with E-state index in [2.05, 4.69) is 40.5 Å². The van der Waals surface area contributed by atoms with Gasteiger partial charge in [-0.15, -0.1) is 0 Å². The van der Waals surface area contributed by atoms with E-state index in [0.29, 0.717) is 48.3 Å². The molecule has 1 atom stereocenters. The molecule has 2 saturated heterocycles. The fraction of sp³-hybridized carbons (Fsp3) is 0.485. The highest BCUT2D eigenvalue weighted by molar-refractivity contribution is 6.12. The third-order valence-corrected chi connectivity index (χ3v) is 8.49. The summed E-state index contributed by atoms with van der Waals surface area (Å²) in [5, 5.41) is 10.5. The van der Waals surface area contributed by atoms with Crippen molar-refractivity contribution in [3.63, 3.8) is 0 Å². The Kier molecular flexibility index (Phi) is 10.1. The fourth-order valence-corrected chi connectivity index (χ4v) is 6.08. The summed E-state index contributed by atoms with van der Waals surface area (Å²) in [6.45, 7) is 12.0. The summed E-state index contributed by atoms with van der Waals surface area (Å²) in [6.07, 6.45) is 6.01. The first-order valence-electron chi connectivity index (χ1n) is 16.6. The Morgan fingerprint density at radius 2 is 1.86 bits per heavy atom. The van der Waals surface area contributed by atoms with Crippen LogP contribution in [0.2, 0.25) is 0 Å². The first-order chi connectivity index (χ1) is 23.5. The van der Waals surface area contributed by atoms with E-state index in [-0.39, 0.29) is 29.5 Å². The molecule has 260 valence electrons. The van der Waals surface area contributed by atoms with Crippen LogP contribution in [0.25, 0.3) is 22.1 Å². The molecule has 16 heteroatoms. The lowest BCUT2D eigenvalue weighted by Crippen LogP contribution is -2.48. The number of aromatic nitrogens is 5. The van der Waals surface area contributed by atoms with Gasteiger partial charge in [0.05, 0.1) is 11.4 Å². The number of amides is 3. The Labute approximate surface area is 283 Å². The molecule has 0 radical (unpaired) electrons. The van der Waals surface area contributed by atoms with Gasteiger partial charge in [-0.25, -0.2) is 19.4 Å². The molecule has 4 N–H and O–H groups in total. The third-order valence-electron chi connectivity index (χ3n) is 8.49. The second kappa shape index (κ2) is 14.6. The SMILES string of the molecule is CC(C)(C)OC(=O)NCCN1CCN(CC=CC(=O)N2CCCC(n3nc(C(=O)Nc4nc5ccccc5o4)c4c(N)ncnc43)C2)CC1. The predicted octanol–water partition coefficient (Wildman–Crippen LogP) is 2.66. The topological polar surface area (TPSA) is 190 Å². The van der Waals surface area contributed by atoms with Crippen molar-refractivity contribution >= 4 is 51.9 Å². The second-order valence-corrected chi connectivity index (χ2v) is 13.2. The number of ether oxygens (including phenoxy) is 1. The largest absolute Gasteiger partial charge is 0.444 e. The number of carbonyl (C=O) groups is 3. The Bertz CT molecular complexity index is 1800. The van der Waals surface area contributed by atoms with Crippen LogP contribution in [0.15, 0.2) is 47.2 Å². The summed E-state index contributed by atoms with van der Waals surface area (Å²) >= 11 is 0. The molecule has 49 heavy (non-hydrogen) atoms. The number of nitrogen functional groups attached to an aromatic ring is 1. The lowest BCUT2D eigenvalue weighted by molar-refractivity contribution is -0.127. The number of likely N-dealkylation sites (tertiary alicyclic amines) is 1. The quantitative estimate of drug-likeness (QED) is 0.221. The van der Waals surface area contributed by atoms with Crippen molar-refractivity contribution in [3.8, 4) is 0 Å². The van der Waals surface area contributed by atoms with Gasteiger partial charge in [-0.2, -0.15) is 10.1 Å². The van der Waals surface area contributed by atoms with Gasteiger partial charge in [-0.3, -0.25) is 24.7 Å². The van der Waals surface area contributed by atoms with Crippen LogP contribution in [0, 0.1) is 0 Å². The summed E-state index contributed by atoms with van der Waals surface area (Å²) in [5.41, 5.74) is 7.33. The summed E-state index contributed by atoms with van der Waals surface area (Å²) in [5.74, 6) is -0.498. The van der Waals surface area contributed by atoms with Crippen LogP contribution < -0.4 is 16.4 Å². The molecule has 1 unspecified atom stereocenters. The molecule has 2 fully saturated rings. The van der Waals surface area contributed by atoms with E-state index in [4.69, 9.17) is 14.9 Å². The van der Waals surface area contributed by atoms with Crippen LogP contribution in [-0.2, 0) is 9.53 Å². The van der Waals surface area contributed by atoms with Gasteiger partial charge >= 0.3 is 12.1 Å². The Balaban J connectivity index is 1.02. The monoisotopic (exact) mass is 673 g/mol. The molecule has 1 aromatic carbocycles. The van der Waals surface area contributed by atoms with Crippen molar-refractivity contribution in [1.29, 1.82) is 0 Å². The van der Waals surface area contributed by atoms with E-state index in [0.717, 1.165) is 45.6 Å². The minimum atomic E-state index is -0.554. The fourth-order valence-electron chi connectivity index (χ4n) is 6.08. The zero-order valence-corrected chi connectivity index (χ0v) is 28.1. The van der Waals surface area contributed by atoms with Crippen molar-refractivity contribution in [2.75, 3.05) is 70.0 Å². The average molecular weight is 674 g/mol. The number of piperazine rings is 1. The summed E-state index contributed by atoms with van der Waals surface area (Å²) in [6, 6.07) is 7.03. The van der Waals surface area contributed by atoms with E-state index >= 15 is 0 Å². The minimum absolute atomic E-state index is 0.0417. The molecule has 16 nitrogen and oxygen atoms in total. The van der Waals surface area contributed by atoms with E-state index in [1.165, 1.54) is 6.33 Å². The summed E-state index contributed by atoms with van der Waals surface area (Å²) in [7, 11) is 0. The number of oxazole rings is 1. The molecule has 0 aliphatic carbocycles. The van der Waals surface area contributed by atoms with Gasteiger partial charge in [0, 0.05) is 65.0 Å². The smallest absolute Gasteiger partial charge is 0.407 e. The molecule has 0 saturated carbocycles. The summed E-state index contributed by atoms with van der Waals surface area (Å²) in [4.78, 5) is 57.8. The molecule has 6 rings (SSSR count). The highest BCUT2D eigenvalue weighted by atomic mass is 16.6. The number of fused-ring (bicyclic) bond motifs is 2. The number of para-hydroxylation sites is 2. The number of anilines is 2. The van der Waals surface area contributed by atoms with E-state index in [1.54, 1.807) is 27.8 Å². The van der Waals surface area contributed by atoms with Crippen LogP contribution in [0.5, 0.6) is 0 Å². The highest BCUT2D eigenvalue weighted by Crippen LogP contribution is 2.29. The maximum atomic E-state index is 13.4. The molecule has 2 aliphatic heterocycles. The lowest BCUT2D eigenvalue weighted by atomic mass is 10.1. The number of benzene rings is 1. The molecular weight excluding hydrogens is 630 g/mol. The zero-order chi connectivity index (χ0) is 34.5. The van der Waals surface area contributed by atoms with Gasteiger partial charge in [-0.05, 0) is 45.7 Å². The number of nitrogens with one attached hydrogen (secondary N) is 2. The molecule has 2 aliphatic rings. The van der Waals surface area contributed by atoms with Gasteiger partial charge in [0.25, 0.3) is 5.91 Å². The number of alkyl carbamates (subject to hydrolysis) is 1. The van der Waals surface area contributed by atoms with Crippen LogP contribution in [-0.4, -0.2) is 122 Å². The van der Waals surface area contributed by atoms with E-state index in [1.807, 2.05) is 39.0 Å². The molecule has 0 spiro atoms. The lowest BCUT2D eigenvalue weighted by Gasteiger charge is -2.34. The van der Waals surface area contributed by atoms with Crippen molar-refractivity contribution < 1.29 is 23.5 Å². The second-order valence-electron chi connectivity index (χ2n) is 13.2. The van der Waals surface area contributed by atoms with Gasteiger partial charge in [0.2, 0.25) is 5.91 Å². The van der Waals surface area contributed by atoms with Crippen molar-refractivity contribution in [2.24, 2.45) is 0 Å². The number of nitrogens with zero attached hydrogens (tertiary/aromatic N) is 8. The number of hydrogen-bond donors (Lipinski definition) is 3. The number of piperidine rings is 1. The van der Waals surface area contributed by atoms with E-state index in [9.17, 15) is 14.4 Å². The van der Waals surface area contributed by atoms with Gasteiger partial charge in [0.1, 0.15) is 23.3 Å². The summed E-state index contributed by atoms with van der Waals surface area (Å²) < 4.78 is 12.6. The molecule has 5 heterocycles. The average Bonchev–Trinajstić information content (AvgIpc) is 3.67. The maximum Gasteiger partial charge on any atom is 0.407 e.